The van der Waals surface area contributed by atoms with Crippen molar-refractivity contribution in [3.63, 3.8) is 0 Å². The van der Waals surface area contributed by atoms with Crippen molar-refractivity contribution in [2.45, 2.75) is 83.3 Å². The van der Waals surface area contributed by atoms with E-state index < -0.39 is 11.8 Å². The quantitative estimate of drug-likeness (QED) is 0.520. The Morgan fingerprint density at radius 2 is 1.89 bits per heavy atom. The molecule has 3 rings (SSSR count). The van der Waals surface area contributed by atoms with Gasteiger partial charge in [-0.15, -0.1) is 0 Å². The maximum Gasteiger partial charge on any atom is 0.366 e. The van der Waals surface area contributed by atoms with Crippen molar-refractivity contribution in [1.29, 1.82) is 0 Å². The Morgan fingerprint density at radius 1 is 1.19 bits per heavy atom. The number of hydrogen-bond donors (Lipinski definition) is 0. The molecule has 1 saturated carbocycles. The zero-order chi connectivity index (χ0) is 19.3. The van der Waals surface area contributed by atoms with Crippen LogP contribution < -0.4 is 0 Å². The molecule has 0 bridgehead atoms. The summed E-state index contributed by atoms with van der Waals surface area (Å²) in [6, 6.07) is 0. The second-order valence-corrected chi connectivity index (χ2v) is 8.06. The second-order valence-electron chi connectivity index (χ2n) is 8.06. The van der Waals surface area contributed by atoms with Crippen LogP contribution in [0.2, 0.25) is 0 Å². The number of aryl methyl sites for hydroxylation is 2. The first-order chi connectivity index (χ1) is 13.0. The van der Waals surface area contributed by atoms with Gasteiger partial charge in [0.1, 0.15) is 5.76 Å². The van der Waals surface area contributed by atoms with Gasteiger partial charge in [-0.25, -0.2) is 9.78 Å². The maximum atomic E-state index is 11.7. The summed E-state index contributed by atoms with van der Waals surface area (Å²) in [6.07, 6.45) is 10.5. The van der Waals surface area contributed by atoms with Gasteiger partial charge in [-0.2, -0.15) is 0 Å². The lowest BCUT2D eigenvalue weighted by molar-refractivity contribution is -0.272. The molecule has 6 heteroatoms. The van der Waals surface area contributed by atoms with Crippen molar-refractivity contribution < 1.29 is 23.4 Å². The monoisotopic (exact) mass is 379 g/mol. The second kappa shape index (κ2) is 9.20. The third kappa shape index (κ3) is 5.11. The van der Waals surface area contributed by atoms with Crippen LogP contribution in [0.25, 0.3) is 0 Å². The van der Waals surface area contributed by atoms with Gasteiger partial charge in [-0.3, -0.25) is 0 Å². The SMILES string of the molecule is COC(=O)C1(C)OCC(CCCCc2nc(C3CCCCC3)oc2C)CO1. The molecule has 0 atom stereocenters. The molecule has 27 heavy (non-hydrogen) atoms. The minimum Gasteiger partial charge on any atom is -0.465 e. The number of hydrogen-bond acceptors (Lipinski definition) is 6. The Morgan fingerprint density at radius 3 is 2.56 bits per heavy atom. The molecule has 1 aromatic rings. The van der Waals surface area contributed by atoms with Gasteiger partial charge in [0.25, 0.3) is 5.79 Å². The fourth-order valence-electron chi connectivity index (χ4n) is 4.05. The van der Waals surface area contributed by atoms with Gasteiger partial charge in [-0.1, -0.05) is 25.7 Å². The predicted octanol–water partition coefficient (Wildman–Crippen LogP) is 4.30. The lowest BCUT2D eigenvalue weighted by atomic mass is 9.89. The summed E-state index contributed by atoms with van der Waals surface area (Å²) in [6.45, 7) is 4.71. The molecule has 0 radical (unpaired) electrons. The highest BCUT2D eigenvalue weighted by atomic mass is 16.7. The third-order valence-corrected chi connectivity index (χ3v) is 5.88. The van der Waals surface area contributed by atoms with Crippen LogP contribution in [0.15, 0.2) is 4.42 Å². The van der Waals surface area contributed by atoms with E-state index in [0.29, 0.717) is 25.0 Å². The molecule has 1 aliphatic carbocycles. The molecule has 0 amide bonds. The van der Waals surface area contributed by atoms with Crippen molar-refractivity contribution in [2.75, 3.05) is 20.3 Å². The van der Waals surface area contributed by atoms with Crippen molar-refractivity contribution in [1.82, 2.24) is 4.98 Å². The number of esters is 1. The Bertz CT molecular complexity index is 612. The molecule has 0 spiro atoms. The molecule has 2 fully saturated rings. The van der Waals surface area contributed by atoms with E-state index in [2.05, 4.69) is 0 Å². The number of carbonyl (C=O) groups excluding carboxylic acids is 1. The summed E-state index contributed by atoms with van der Waals surface area (Å²) >= 11 is 0. The molecular formula is C21H33NO5. The standard InChI is InChI=1S/C21H33NO5/c1-15-18(22-19(27-15)17-10-5-4-6-11-17)12-8-7-9-16-13-25-21(2,26-14-16)20(23)24-3/h16-17H,4-14H2,1-3H3. The highest BCUT2D eigenvalue weighted by Gasteiger charge is 2.41. The first-order valence-corrected chi connectivity index (χ1v) is 10.3. The maximum absolute atomic E-state index is 11.7. The lowest BCUT2D eigenvalue weighted by Gasteiger charge is -2.35. The van der Waals surface area contributed by atoms with Crippen LogP contribution >= 0.6 is 0 Å². The lowest BCUT2D eigenvalue weighted by Crippen LogP contribution is -2.48. The van der Waals surface area contributed by atoms with Gasteiger partial charge in [0.15, 0.2) is 5.89 Å². The number of unbranched alkanes of at least 4 members (excludes halogenated alkanes) is 1. The zero-order valence-electron chi connectivity index (χ0n) is 16.9. The Kier molecular flexibility index (Phi) is 6.93. The number of aromatic nitrogens is 1. The molecule has 2 heterocycles. The van der Waals surface area contributed by atoms with Crippen LogP contribution in [0.3, 0.4) is 0 Å². The minimum atomic E-state index is -1.25. The number of oxazole rings is 1. The smallest absolute Gasteiger partial charge is 0.366 e. The molecule has 152 valence electrons. The molecule has 2 aliphatic rings. The average Bonchev–Trinajstić information content (AvgIpc) is 3.07. The van der Waals surface area contributed by atoms with Crippen molar-refractivity contribution in [2.24, 2.45) is 5.92 Å². The molecule has 0 N–H and O–H groups in total. The summed E-state index contributed by atoms with van der Waals surface area (Å²) in [4.78, 5) is 16.5. The number of carbonyl (C=O) groups is 1. The molecule has 6 nitrogen and oxygen atoms in total. The van der Waals surface area contributed by atoms with Gasteiger partial charge in [-0.05, 0) is 39.0 Å². The summed E-state index contributed by atoms with van der Waals surface area (Å²) in [7, 11) is 1.35. The first kappa shape index (κ1) is 20.3. The van der Waals surface area contributed by atoms with E-state index in [-0.39, 0.29) is 0 Å². The average molecular weight is 379 g/mol. The molecule has 0 unspecified atom stereocenters. The largest absolute Gasteiger partial charge is 0.465 e. The van der Waals surface area contributed by atoms with Crippen molar-refractivity contribution in [3.05, 3.63) is 17.3 Å². The van der Waals surface area contributed by atoms with Crippen molar-refractivity contribution >= 4 is 5.97 Å². The summed E-state index contributed by atoms with van der Waals surface area (Å²) < 4.78 is 21.9. The number of nitrogens with zero attached hydrogens (tertiary/aromatic N) is 1. The van der Waals surface area contributed by atoms with Crippen LogP contribution in [0.1, 0.15) is 81.6 Å². The minimum absolute atomic E-state index is 0.318. The van der Waals surface area contributed by atoms with E-state index in [9.17, 15) is 4.79 Å². The number of rotatable bonds is 7. The molecule has 1 saturated heterocycles. The van der Waals surface area contributed by atoms with Crippen LogP contribution in [-0.2, 0) is 25.4 Å². The topological polar surface area (TPSA) is 70.8 Å². The highest BCUT2D eigenvalue weighted by molar-refractivity contribution is 5.77. The van der Waals surface area contributed by atoms with Gasteiger partial charge in [0.2, 0.25) is 0 Å². The van der Waals surface area contributed by atoms with E-state index in [1.807, 2.05) is 6.92 Å². The Labute approximate surface area is 162 Å². The molecule has 0 aromatic carbocycles. The Hall–Kier alpha value is -1.40. The molecule has 1 aliphatic heterocycles. The van der Waals surface area contributed by atoms with E-state index in [1.54, 1.807) is 6.92 Å². The zero-order valence-corrected chi connectivity index (χ0v) is 16.9. The Balaban J connectivity index is 1.38. The fraction of sp³-hybridized carbons (Fsp3) is 0.810. The normalized spacial score (nSPS) is 26.9. The van der Waals surface area contributed by atoms with E-state index in [4.69, 9.17) is 23.6 Å². The van der Waals surface area contributed by atoms with Crippen LogP contribution in [0, 0.1) is 12.8 Å². The third-order valence-electron chi connectivity index (χ3n) is 5.88. The van der Waals surface area contributed by atoms with Crippen molar-refractivity contribution in [3.8, 4) is 0 Å². The predicted molar refractivity (Wildman–Crippen MR) is 100 cm³/mol. The van der Waals surface area contributed by atoms with Gasteiger partial charge in [0.05, 0.1) is 26.0 Å². The van der Waals surface area contributed by atoms with E-state index in [1.165, 1.54) is 39.2 Å². The number of ether oxygens (including phenoxy) is 3. The van der Waals surface area contributed by atoms with Crippen LogP contribution in [-0.4, -0.2) is 37.1 Å². The number of methoxy groups -OCH3 is 1. The summed E-state index contributed by atoms with van der Waals surface area (Å²) in [5.74, 6) is 1.05. The highest BCUT2D eigenvalue weighted by Crippen LogP contribution is 2.33. The molecular weight excluding hydrogens is 346 g/mol. The van der Waals surface area contributed by atoms with E-state index in [0.717, 1.165) is 43.0 Å². The summed E-state index contributed by atoms with van der Waals surface area (Å²) in [5.41, 5.74) is 1.12. The van der Waals surface area contributed by atoms with Gasteiger partial charge in [0, 0.05) is 18.8 Å². The van der Waals surface area contributed by atoms with Gasteiger partial charge >= 0.3 is 5.97 Å². The summed E-state index contributed by atoms with van der Waals surface area (Å²) in [5, 5.41) is 0. The first-order valence-electron chi connectivity index (χ1n) is 10.3. The van der Waals surface area contributed by atoms with Crippen LogP contribution in [0.5, 0.6) is 0 Å². The molecule has 1 aromatic heterocycles. The van der Waals surface area contributed by atoms with Crippen LogP contribution in [0.4, 0.5) is 0 Å². The van der Waals surface area contributed by atoms with E-state index >= 15 is 0 Å². The van der Waals surface area contributed by atoms with Gasteiger partial charge < -0.3 is 18.6 Å². The fourth-order valence-corrected chi connectivity index (χ4v) is 4.05.